The highest BCUT2D eigenvalue weighted by Crippen LogP contribution is 2.17. The summed E-state index contributed by atoms with van der Waals surface area (Å²) in [6, 6.07) is 7.42. The maximum Gasteiger partial charge on any atom is 0.321 e. The summed E-state index contributed by atoms with van der Waals surface area (Å²) in [4.78, 5) is 13.4. The van der Waals surface area contributed by atoms with Gasteiger partial charge in [0.05, 0.1) is 13.2 Å². The minimum Gasteiger partial charge on any atom is -0.395 e. The second-order valence-electron chi connectivity index (χ2n) is 4.50. The maximum absolute atomic E-state index is 12.0. The Labute approximate surface area is 119 Å². The number of nitrogens with zero attached hydrogens (tertiary/aromatic N) is 1. The molecule has 0 saturated heterocycles. The molecule has 6 nitrogen and oxygen atoms in total. The smallest absolute Gasteiger partial charge is 0.321 e. The van der Waals surface area contributed by atoms with Gasteiger partial charge in [0.1, 0.15) is 0 Å². The van der Waals surface area contributed by atoms with Crippen LogP contribution in [-0.2, 0) is 0 Å². The molecule has 0 bridgehead atoms. The summed E-state index contributed by atoms with van der Waals surface area (Å²) in [7, 11) is 1.88. The van der Waals surface area contributed by atoms with Crippen LogP contribution in [0.1, 0.15) is 18.5 Å². The number of aliphatic hydroxyl groups excluding tert-OH is 2. The Morgan fingerprint density at radius 2 is 1.95 bits per heavy atom. The molecule has 20 heavy (non-hydrogen) atoms. The maximum atomic E-state index is 12.0. The van der Waals surface area contributed by atoms with Crippen LogP contribution >= 0.6 is 0 Å². The van der Waals surface area contributed by atoms with Crippen molar-refractivity contribution in [3.05, 3.63) is 29.8 Å². The highest BCUT2D eigenvalue weighted by Gasteiger charge is 2.13. The molecule has 0 fully saturated rings. The fourth-order valence-corrected chi connectivity index (χ4v) is 1.81. The number of anilines is 1. The standard InChI is InChI=1S/C14H23N3O3/c1-11(15-2)12-4-3-5-13(10-12)16-14(20)17(6-8-18)7-9-19/h3-5,10-11,15,18-19H,6-9H2,1-2H3,(H,16,20). The average molecular weight is 281 g/mol. The van der Waals surface area contributed by atoms with Crippen molar-refractivity contribution in [3.8, 4) is 0 Å². The summed E-state index contributed by atoms with van der Waals surface area (Å²) in [5.41, 5.74) is 1.76. The third-order valence-corrected chi connectivity index (χ3v) is 3.10. The minimum absolute atomic E-state index is 0.135. The van der Waals surface area contributed by atoms with Crippen LogP contribution in [0.3, 0.4) is 0 Å². The number of hydrogen-bond acceptors (Lipinski definition) is 4. The van der Waals surface area contributed by atoms with Crippen molar-refractivity contribution in [1.29, 1.82) is 0 Å². The predicted molar refractivity (Wildman–Crippen MR) is 78.7 cm³/mol. The van der Waals surface area contributed by atoms with E-state index in [1.54, 1.807) is 6.07 Å². The quantitative estimate of drug-likeness (QED) is 0.595. The molecular weight excluding hydrogens is 258 g/mol. The van der Waals surface area contributed by atoms with E-state index in [0.29, 0.717) is 5.69 Å². The molecule has 6 heteroatoms. The summed E-state index contributed by atoms with van der Waals surface area (Å²) in [5.74, 6) is 0. The van der Waals surface area contributed by atoms with Crippen molar-refractivity contribution in [2.45, 2.75) is 13.0 Å². The number of carbonyl (C=O) groups excluding carboxylic acids is 1. The predicted octanol–water partition coefficient (Wildman–Crippen LogP) is 0.785. The first-order valence-corrected chi connectivity index (χ1v) is 6.67. The molecule has 0 aromatic heterocycles. The van der Waals surface area contributed by atoms with Crippen LogP contribution in [0.4, 0.5) is 10.5 Å². The van der Waals surface area contributed by atoms with Crippen molar-refractivity contribution < 1.29 is 15.0 Å². The molecule has 1 unspecified atom stereocenters. The molecule has 0 saturated carbocycles. The number of rotatable bonds is 7. The first-order chi connectivity index (χ1) is 9.62. The second-order valence-corrected chi connectivity index (χ2v) is 4.50. The molecule has 0 spiro atoms. The zero-order valence-corrected chi connectivity index (χ0v) is 12.0. The molecular formula is C14H23N3O3. The van der Waals surface area contributed by atoms with E-state index in [2.05, 4.69) is 10.6 Å². The van der Waals surface area contributed by atoms with E-state index in [9.17, 15) is 4.79 Å². The molecule has 0 aliphatic rings. The summed E-state index contributed by atoms with van der Waals surface area (Å²) in [5, 5.41) is 23.7. The van der Waals surface area contributed by atoms with Gasteiger partial charge in [-0.2, -0.15) is 0 Å². The van der Waals surface area contributed by atoms with Gasteiger partial charge in [-0.05, 0) is 31.7 Å². The summed E-state index contributed by atoms with van der Waals surface area (Å²) in [6.07, 6.45) is 0. The second kappa shape index (κ2) is 8.52. The Balaban J connectivity index is 2.73. The Hall–Kier alpha value is -1.63. The van der Waals surface area contributed by atoms with E-state index >= 15 is 0 Å². The van der Waals surface area contributed by atoms with Gasteiger partial charge in [-0.25, -0.2) is 4.79 Å². The van der Waals surface area contributed by atoms with E-state index in [0.717, 1.165) is 5.56 Å². The zero-order valence-electron chi connectivity index (χ0n) is 12.0. The molecule has 0 radical (unpaired) electrons. The topological polar surface area (TPSA) is 84.8 Å². The van der Waals surface area contributed by atoms with Gasteiger partial charge in [0.15, 0.2) is 0 Å². The molecule has 1 aromatic rings. The number of amides is 2. The lowest BCUT2D eigenvalue weighted by Crippen LogP contribution is -2.39. The molecule has 0 aliphatic heterocycles. The third kappa shape index (κ3) is 4.80. The van der Waals surface area contributed by atoms with Crippen LogP contribution in [-0.4, -0.2) is 54.5 Å². The van der Waals surface area contributed by atoms with E-state index in [1.165, 1.54) is 4.90 Å². The summed E-state index contributed by atoms with van der Waals surface area (Å²) in [6.45, 7) is 2.15. The largest absolute Gasteiger partial charge is 0.395 e. The number of aliphatic hydroxyl groups is 2. The van der Waals surface area contributed by atoms with Crippen molar-refractivity contribution >= 4 is 11.7 Å². The third-order valence-electron chi connectivity index (χ3n) is 3.10. The van der Waals surface area contributed by atoms with Gasteiger partial charge in [-0.15, -0.1) is 0 Å². The van der Waals surface area contributed by atoms with Gasteiger partial charge >= 0.3 is 6.03 Å². The van der Waals surface area contributed by atoms with Crippen molar-refractivity contribution in [2.75, 3.05) is 38.7 Å². The minimum atomic E-state index is -0.331. The molecule has 0 heterocycles. The Morgan fingerprint density at radius 3 is 2.50 bits per heavy atom. The lowest BCUT2D eigenvalue weighted by atomic mass is 10.1. The van der Waals surface area contributed by atoms with Gasteiger partial charge in [0, 0.05) is 24.8 Å². The fourth-order valence-electron chi connectivity index (χ4n) is 1.81. The van der Waals surface area contributed by atoms with Gasteiger partial charge in [0.25, 0.3) is 0 Å². The van der Waals surface area contributed by atoms with Crippen LogP contribution in [0.2, 0.25) is 0 Å². The van der Waals surface area contributed by atoms with Crippen molar-refractivity contribution in [3.63, 3.8) is 0 Å². The molecule has 112 valence electrons. The lowest BCUT2D eigenvalue weighted by Gasteiger charge is -2.21. The Morgan fingerprint density at radius 1 is 1.30 bits per heavy atom. The molecule has 0 aliphatic carbocycles. The highest BCUT2D eigenvalue weighted by molar-refractivity contribution is 5.89. The SMILES string of the molecule is CNC(C)c1cccc(NC(=O)N(CCO)CCO)c1. The van der Waals surface area contributed by atoms with E-state index in [-0.39, 0.29) is 38.4 Å². The zero-order chi connectivity index (χ0) is 15.0. The molecule has 1 atom stereocenters. The highest BCUT2D eigenvalue weighted by atomic mass is 16.3. The Kier molecular flexibility index (Phi) is 7.00. The summed E-state index contributed by atoms with van der Waals surface area (Å²) >= 11 is 0. The van der Waals surface area contributed by atoms with Crippen LogP contribution in [0.15, 0.2) is 24.3 Å². The fraction of sp³-hybridized carbons (Fsp3) is 0.500. The van der Waals surface area contributed by atoms with Crippen molar-refractivity contribution in [1.82, 2.24) is 10.2 Å². The van der Waals surface area contributed by atoms with Crippen LogP contribution in [0.25, 0.3) is 0 Å². The molecule has 1 aromatic carbocycles. The van der Waals surface area contributed by atoms with E-state index in [1.807, 2.05) is 32.2 Å². The van der Waals surface area contributed by atoms with Gasteiger partial charge in [0.2, 0.25) is 0 Å². The van der Waals surface area contributed by atoms with Crippen molar-refractivity contribution in [2.24, 2.45) is 0 Å². The average Bonchev–Trinajstić information content (AvgIpc) is 2.46. The van der Waals surface area contributed by atoms with Crippen LogP contribution in [0.5, 0.6) is 0 Å². The molecule has 2 amide bonds. The van der Waals surface area contributed by atoms with Gasteiger partial charge < -0.3 is 25.7 Å². The lowest BCUT2D eigenvalue weighted by molar-refractivity contribution is 0.167. The van der Waals surface area contributed by atoms with Gasteiger partial charge in [-0.3, -0.25) is 0 Å². The number of benzene rings is 1. The number of nitrogens with one attached hydrogen (secondary N) is 2. The van der Waals surface area contributed by atoms with Crippen LogP contribution in [0, 0.1) is 0 Å². The number of hydrogen-bond donors (Lipinski definition) is 4. The number of urea groups is 1. The van der Waals surface area contributed by atoms with E-state index in [4.69, 9.17) is 10.2 Å². The number of carbonyl (C=O) groups is 1. The Bertz CT molecular complexity index is 420. The molecule has 1 rings (SSSR count). The molecule has 4 N–H and O–H groups in total. The summed E-state index contributed by atoms with van der Waals surface area (Å²) < 4.78 is 0. The first kappa shape index (κ1) is 16.4. The van der Waals surface area contributed by atoms with Crippen LogP contribution < -0.4 is 10.6 Å². The first-order valence-electron chi connectivity index (χ1n) is 6.67. The normalized spacial score (nSPS) is 12.0. The van der Waals surface area contributed by atoms with E-state index < -0.39 is 0 Å². The monoisotopic (exact) mass is 281 g/mol. The van der Waals surface area contributed by atoms with Gasteiger partial charge in [-0.1, -0.05) is 12.1 Å².